The maximum atomic E-state index is 6.17. The molecule has 2 aromatic rings. The van der Waals surface area contributed by atoms with Gasteiger partial charge in [-0.1, -0.05) is 29.3 Å². The lowest BCUT2D eigenvalue weighted by molar-refractivity contribution is 0.579. The molecule has 1 heterocycles. The summed E-state index contributed by atoms with van der Waals surface area (Å²) in [6.45, 7) is 2.81. The van der Waals surface area contributed by atoms with Gasteiger partial charge in [-0.05, 0) is 36.1 Å². The third-order valence-corrected chi connectivity index (χ3v) is 4.28. The Labute approximate surface area is 121 Å². The molecule has 0 amide bonds. The van der Waals surface area contributed by atoms with E-state index < -0.39 is 0 Å². The monoisotopic (exact) mass is 300 g/mol. The molecular formula is C13H14Cl2N2S. The summed E-state index contributed by atoms with van der Waals surface area (Å²) in [5, 5.41) is 6.73. The lowest BCUT2D eigenvalue weighted by Crippen LogP contribution is -2.18. The van der Waals surface area contributed by atoms with Crippen molar-refractivity contribution >= 4 is 40.2 Å². The average molecular weight is 301 g/mol. The van der Waals surface area contributed by atoms with Gasteiger partial charge < -0.3 is 11.1 Å². The number of hydrogen-bond donors (Lipinski definition) is 2. The van der Waals surface area contributed by atoms with E-state index in [-0.39, 0.29) is 6.04 Å². The Balaban J connectivity index is 2.03. The molecule has 0 fully saturated rings. The molecular weight excluding hydrogens is 287 g/mol. The van der Waals surface area contributed by atoms with Crippen molar-refractivity contribution in [2.24, 2.45) is 0 Å². The highest BCUT2D eigenvalue weighted by molar-refractivity contribution is 7.10. The quantitative estimate of drug-likeness (QED) is 0.873. The lowest BCUT2D eigenvalue weighted by Gasteiger charge is -2.15. The Kier molecular flexibility index (Phi) is 4.51. The summed E-state index contributed by atoms with van der Waals surface area (Å²) in [6.07, 6.45) is 0. The number of hydrogen-bond acceptors (Lipinski definition) is 3. The van der Waals surface area contributed by atoms with Crippen LogP contribution in [-0.4, -0.2) is 0 Å². The number of benzene rings is 1. The third-order valence-electron chi connectivity index (χ3n) is 2.78. The Morgan fingerprint density at radius 1 is 1.33 bits per heavy atom. The van der Waals surface area contributed by atoms with Gasteiger partial charge in [-0.25, -0.2) is 0 Å². The molecule has 1 aromatic heterocycles. The van der Waals surface area contributed by atoms with Gasteiger partial charge in [0.2, 0.25) is 0 Å². The first-order valence-corrected chi connectivity index (χ1v) is 7.21. The van der Waals surface area contributed by atoms with E-state index in [4.69, 9.17) is 28.9 Å². The van der Waals surface area contributed by atoms with Crippen LogP contribution in [0, 0.1) is 0 Å². The van der Waals surface area contributed by atoms with Crippen LogP contribution in [0.5, 0.6) is 0 Å². The molecule has 0 saturated carbocycles. The molecule has 1 aromatic carbocycles. The van der Waals surface area contributed by atoms with Gasteiger partial charge in [0, 0.05) is 33.2 Å². The van der Waals surface area contributed by atoms with E-state index in [0.29, 0.717) is 10.0 Å². The van der Waals surface area contributed by atoms with Crippen molar-refractivity contribution in [2.45, 2.75) is 19.5 Å². The van der Waals surface area contributed by atoms with E-state index >= 15 is 0 Å². The molecule has 5 heteroatoms. The van der Waals surface area contributed by atoms with E-state index in [9.17, 15) is 0 Å². The fourth-order valence-corrected chi connectivity index (χ4v) is 3.02. The Hall–Kier alpha value is -0.740. The number of anilines is 1. The lowest BCUT2D eigenvalue weighted by atomic mass is 10.1. The summed E-state index contributed by atoms with van der Waals surface area (Å²) >= 11 is 13.7. The van der Waals surface area contributed by atoms with Crippen LogP contribution in [0.25, 0.3) is 0 Å². The van der Waals surface area contributed by atoms with E-state index in [0.717, 1.165) is 22.7 Å². The van der Waals surface area contributed by atoms with E-state index in [1.54, 1.807) is 17.4 Å². The first kappa shape index (κ1) is 13.7. The first-order valence-electron chi connectivity index (χ1n) is 5.58. The van der Waals surface area contributed by atoms with E-state index in [2.05, 4.69) is 12.2 Å². The summed E-state index contributed by atoms with van der Waals surface area (Å²) in [7, 11) is 0. The minimum atomic E-state index is 0.149. The standard InChI is InChI=1S/C13H14Cl2N2S/c1-8(10-3-2-9(14)6-11(10)15)17-7-13-12(16)4-5-18-13/h2-6,8,17H,7,16H2,1H3. The zero-order valence-corrected chi connectivity index (χ0v) is 12.2. The number of nitrogen functional groups attached to an aromatic ring is 1. The molecule has 2 nitrogen and oxygen atoms in total. The van der Waals surface area contributed by atoms with E-state index in [1.807, 2.05) is 23.6 Å². The molecule has 96 valence electrons. The molecule has 0 spiro atoms. The smallest absolute Gasteiger partial charge is 0.0468 e. The molecule has 0 aliphatic heterocycles. The summed E-state index contributed by atoms with van der Waals surface area (Å²) < 4.78 is 0. The van der Waals surface area contributed by atoms with Gasteiger partial charge in [0.25, 0.3) is 0 Å². The molecule has 1 unspecified atom stereocenters. The van der Waals surface area contributed by atoms with Crippen molar-refractivity contribution in [2.75, 3.05) is 5.73 Å². The predicted molar refractivity (Wildman–Crippen MR) is 80.4 cm³/mol. The summed E-state index contributed by atoms with van der Waals surface area (Å²) in [4.78, 5) is 1.15. The maximum absolute atomic E-state index is 6.17. The predicted octanol–water partition coefficient (Wildman–Crippen LogP) is 4.49. The number of nitrogens with two attached hydrogens (primary N) is 1. The normalized spacial score (nSPS) is 12.6. The molecule has 0 saturated heterocycles. The van der Waals surface area contributed by atoms with Crippen molar-refractivity contribution in [1.82, 2.24) is 5.32 Å². The van der Waals surface area contributed by atoms with Crippen LogP contribution in [0.4, 0.5) is 5.69 Å². The molecule has 0 bridgehead atoms. The van der Waals surface area contributed by atoms with Crippen LogP contribution in [0.3, 0.4) is 0 Å². The molecule has 18 heavy (non-hydrogen) atoms. The molecule has 0 aliphatic rings. The molecule has 0 radical (unpaired) electrons. The highest BCUT2D eigenvalue weighted by Crippen LogP contribution is 2.27. The van der Waals surface area contributed by atoms with Crippen molar-refractivity contribution in [3.05, 3.63) is 50.1 Å². The van der Waals surface area contributed by atoms with Crippen molar-refractivity contribution < 1.29 is 0 Å². The van der Waals surface area contributed by atoms with Crippen LogP contribution >= 0.6 is 34.5 Å². The molecule has 2 rings (SSSR count). The topological polar surface area (TPSA) is 38.0 Å². The fraction of sp³-hybridized carbons (Fsp3) is 0.231. The fourth-order valence-electron chi connectivity index (χ4n) is 1.70. The Morgan fingerprint density at radius 2 is 2.11 bits per heavy atom. The number of thiophene rings is 1. The van der Waals surface area contributed by atoms with Crippen LogP contribution in [0.2, 0.25) is 10.0 Å². The van der Waals surface area contributed by atoms with Crippen molar-refractivity contribution in [3.63, 3.8) is 0 Å². The highest BCUT2D eigenvalue weighted by atomic mass is 35.5. The SMILES string of the molecule is CC(NCc1sccc1N)c1ccc(Cl)cc1Cl. The van der Waals surface area contributed by atoms with Gasteiger partial charge in [-0.2, -0.15) is 0 Å². The Bertz CT molecular complexity index is 540. The van der Waals surface area contributed by atoms with Crippen molar-refractivity contribution in [3.8, 4) is 0 Å². The first-order chi connectivity index (χ1) is 8.58. The van der Waals surface area contributed by atoms with Crippen LogP contribution in [0.15, 0.2) is 29.6 Å². The summed E-state index contributed by atoms with van der Waals surface area (Å²) in [6, 6.07) is 7.62. The summed E-state index contributed by atoms with van der Waals surface area (Å²) in [5.74, 6) is 0. The van der Waals surface area contributed by atoms with Gasteiger partial charge in [-0.3, -0.25) is 0 Å². The second-order valence-electron chi connectivity index (χ2n) is 4.07. The van der Waals surface area contributed by atoms with Gasteiger partial charge in [0.05, 0.1) is 0 Å². The third kappa shape index (κ3) is 3.18. The summed E-state index contributed by atoms with van der Waals surface area (Å²) in [5.41, 5.74) is 7.72. The number of nitrogens with one attached hydrogen (secondary N) is 1. The van der Waals surface area contributed by atoms with Crippen LogP contribution in [-0.2, 0) is 6.54 Å². The Morgan fingerprint density at radius 3 is 2.72 bits per heavy atom. The zero-order valence-electron chi connectivity index (χ0n) is 9.91. The maximum Gasteiger partial charge on any atom is 0.0468 e. The number of halogens is 2. The zero-order chi connectivity index (χ0) is 13.1. The second kappa shape index (κ2) is 5.93. The van der Waals surface area contributed by atoms with Gasteiger partial charge in [0.15, 0.2) is 0 Å². The van der Waals surface area contributed by atoms with Crippen LogP contribution in [0.1, 0.15) is 23.4 Å². The molecule has 1 atom stereocenters. The van der Waals surface area contributed by atoms with E-state index in [1.165, 1.54) is 0 Å². The minimum Gasteiger partial charge on any atom is -0.398 e. The van der Waals surface area contributed by atoms with Gasteiger partial charge >= 0.3 is 0 Å². The number of rotatable bonds is 4. The highest BCUT2D eigenvalue weighted by Gasteiger charge is 2.10. The van der Waals surface area contributed by atoms with Crippen LogP contribution < -0.4 is 11.1 Å². The second-order valence-corrected chi connectivity index (χ2v) is 5.91. The van der Waals surface area contributed by atoms with Gasteiger partial charge in [-0.15, -0.1) is 11.3 Å². The van der Waals surface area contributed by atoms with Gasteiger partial charge in [0.1, 0.15) is 0 Å². The molecule has 0 aliphatic carbocycles. The largest absolute Gasteiger partial charge is 0.398 e. The average Bonchev–Trinajstić information content (AvgIpc) is 2.72. The van der Waals surface area contributed by atoms with Crippen molar-refractivity contribution in [1.29, 1.82) is 0 Å². The minimum absolute atomic E-state index is 0.149. The molecule has 3 N–H and O–H groups in total.